The van der Waals surface area contributed by atoms with E-state index in [2.05, 4.69) is 22.7 Å². The van der Waals surface area contributed by atoms with Gasteiger partial charge in [-0.15, -0.1) is 0 Å². The van der Waals surface area contributed by atoms with E-state index >= 15 is 0 Å². The molecule has 0 radical (unpaired) electrons. The molecule has 1 aliphatic heterocycles. The molecule has 1 unspecified atom stereocenters. The van der Waals surface area contributed by atoms with Gasteiger partial charge in [0, 0.05) is 30.3 Å². The van der Waals surface area contributed by atoms with Crippen molar-refractivity contribution >= 4 is 17.6 Å². The number of anilines is 1. The maximum atomic E-state index is 12.5. The predicted molar refractivity (Wildman–Crippen MR) is 107 cm³/mol. The fourth-order valence-electron chi connectivity index (χ4n) is 3.56. The number of aromatic nitrogens is 1. The molecule has 1 aliphatic rings. The first-order chi connectivity index (χ1) is 13.5. The van der Waals surface area contributed by atoms with Crippen molar-refractivity contribution in [2.24, 2.45) is 0 Å². The summed E-state index contributed by atoms with van der Waals surface area (Å²) in [5.41, 5.74) is 3.71. The maximum Gasteiger partial charge on any atom is 0.319 e. The van der Waals surface area contributed by atoms with Crippen molar-refractivity contribution in [2.45, 2.75) is 59.0 Å². The number of aryl methyl sites for hydroxylation is 3. The second-order valence-corrected chi connectivity index (χ2v) is 7.25. The van der Waals surface area contributed by atoms with Gasteiger partial charge in [0.05, 0.1) is 12.2 Å². The molecular formula is C21H28N4O3. The van der Waals surface area contributed by atoms with Crippen molar-refractivity contribution in [2.75, 3.05) is 11.9 Å². The third-order valence-corrected chi connectivity index (χ3v) is 5.32. The van der Waals surface area contributed by atoms with Crippen LogP contribution in [0.25, 0.3) is 0 Å². The standard InChI is InChI=1S/C21H28N4O3/c1-4-16-7-5-6-8-19(16)23-21(27)22-17-9-10-20(26)25(12-11-17)13-18-14(2)24-28-15(18)3/h5-8,17H,4,9-13H2,1-3H3,(H2,22,23,27). The first-order valence-corrected chi connectivity index (χ1v) is 9.82. The van der Waals surface area contributed by atoms with Gasteiger partial charge in [0.1, 0.15) is 5.76 Å². The van der Waals surface area contributed by atoms with Gasteiger partial charge in [-0.3, -0.25) is 4.79 Å². The Bertz CT molecular complexity index is 826. The average Bonchev–Trinajstić information content (AvgIpc) is 2.89. The Morgan fingerprint density at radius 2 is 2.07 bits per heavy atom. The molecule has 150 valence electrons. The topological polar surface area (TPSA) is 87.5 Å². The fraction of sp³-hybridized carbons (Fsp3) is 0.476. The monoisotopic (exact) mass is 384 g/mol. The van der Waals surface area contributed by atoms with E-state index in [-0.39, 0.29) is 18.0 Å². The second-order valence-electron chi connectivity index (χ2n) is 7.25. The highest BCUT2D eigenvalue weighted by Crippen LogP contribution is 2.20. The summed E-state index contributed by atoms with van der Waals surface area (Å²) < 4.78 is 5.20. The zero-order valence-corrected chi connectivity index (χ0v) is 16.7. The molecule has 3 amide bonds. The molecule has 1 atom stereocenters. The van der Waals surface area contributed by atoms with Crippen LogP contribution in [0.1, 0.15) is 48.8 Å². The molecule has 2 heterocycles. The number of nitrogens with one attached hydrogen (secondary N) is 2. The second kappa shape index (κ2) is 8.91. The van der Waals surface area contributed by atoms with Crippen molar-refractivity contribution in [3.05, 3.63) is 46.8 Å². The summed E-state index contributed by atoms with van der Waals surface area (Å²) in [4.78, 5) is 26.8. The number of nitrogens with zero attached hydrogens (tertiary/aromatic N) is 2. The quantitative estimate of drug-likeness (QED) is 0.825. The lowest BCUT2D eigenvalue weighted by Crippen LogP contribution is -2.38. The van der Waals surface area contributed by atoms with Gasteiger partial charge in [0.2, 0.25) is 5.91 Å². The molecule has 2 aromatic rings. The van der Waals surface area contributed by atoms with Crippen molar-refractivity contribution in [1.29, 1.82) is 0 Å². The van der Waals surface area contributed by atoms with Crippen LogP contribution in [-0.2, 0) is 17.8 Å². The highest BCUT2D eigenvalue weighted by atomic mass is 16.5. The van der Waals surface area contributed by atoms with Crippen LogP contribution in [0, 0.1) is 13.8 Å². The molecule has 1 fully saturated rings. The Kier molecular flexibility index (Phi) is 6.34. The number of para-hydroxylation sites is 1. The molecular weight excluding hydrogens is 356 g/mol. The molecule has 0 bridgehead atoms. The van der Waals surface area contributed by atoms with E-state index in [1.807, 2.05) is 43.0 Å². The lowest BCUT2D eigenvalue weighted by Gasteiger charge is -2.21. The van der Waals surface area contributed by atoms with Gasteiger partial charge in [-0.05, 0) is 44.7 Å². The molecule has 1 saturated heterocycles. The number of likely N-dealkylation sites (tertiary alicyclic amines) is 1. The Hall–Kier alpha value is -2.83. The van der Waals surface area contributed by atoms with Gasteiger partial charge in [0.25, 0.3) is 0 Å². The lowest BCUT2D eigenvalue weighted by atomic mass is 10.1. The number of carbonyl (C=O) groups is 2. The van der Waals surface area contributed by atoms with Crippen LogP contribution in [0.4, 0.5) is 10.5 Å². The van der Waals surface area contributed by atoms with Crippen LogP contribution in [-0.4, -0.2) is 34.6 Å². The third kappa shape index (κ3) is 4.71. The van der Waals surface area contributed by atoms with E-state index in [1.165, 1.54) is 0 Å². The minimum atomic E-state index is -0.225. The first kappa shape index (κ1) is 19.9. The average molecular weight is 384 g/mol. The Balaban J connectivity index is 1.57. The van der Waals surface area contributed by atoms with Crippen molar-refractivity contribution in [3.63, 3.8) is 0 Å². The highest BCUT2D eigenvalue weighted by molar-refractivity contribution is 5.90. The van der Waals surface area contributed by atoms with E-state index < -0.39 is 0 Å². The van der Waals surface area contributed by atoms with E-state index in [9.17, 15) is 9.59 Å². The molecule has 0 aliphatic carbocycles. The van der Waals surface area contributed by atoms with Crippen LogP contribution in [0.3, 0.4) is 0 Å². The number of urea groups is 1. The van der Waals surface area contributed by atoms with Gasteiger partial charge < -0.3 is 20.1 Å². The van der Waals surface area contributed by atoms with Crippen molar-refractivity contribution in [3.8, 4) is 0 Å². The van der Waals surface area contributed by atoms with Gasteiger partial charge in [-0.25, -0.2) is 4.79 Å². The predicted octanol–water partition coefficient (Wildman–Crippen LogP) is 3.56. The van der Waals surface area contributed by atoms with E-state index in [0.717, 1.165) is 41.1 Å². The number of amides is 3. The van der Waals surface area contributed by atoms with Gasteiger partial charge in [0.15, 0.2) is 0 Å². The minimum Gasteiger partial charge on any atom is -0.361 e. The SMILES string of the molecule is CCc1ccccc1NC(=O)NC1CCC(=O)N(Cc2c(C)noc2C)CC1. The Morgan fingerprint density at radius 3 is 2.79 bits per heavy atom. The summed E-state index contributed by atoms with van der Waals surface area (Å²) in [5, 5.41) is 9.92. The molecule has 0 saturated carbocycles. The van der Waals surface area contributed by atoms with Crippen LogP contribution in [0.5, 0.6) is 0 Å². The number of benzene rings is 1. The zero-order chi connectivity index (χ0) is 20.1. The summed E-state index contributed by atoms with van der Waals surface area (Å²) in [6, 6.07) is 7.52. The summed E-state index contributed by atoms with van der Waals surface area (Å²) in [6.07, 6.45) is 2.63. The normalized spacial score (nSPS) is 17.3. The molecule has 1 aromatic carbocycles. The van der Waals surface area contributed by atoms with Gasteiger partial charge in [-0.1, -0.05) is 30.3 Å². The molecule has 28 heavy (non-hydrogen) atoms. The number of rotatable bonds is 5. The summed E-state index contributed by atoms with van der Waals surface area (Å²) in [7, 11) is 0. The summed E-state index contributed by atoms with van der Waals surface area (Å²) >= 11 is 0. The van der Waals surface area contributed by atoms with Gasteiger partial charge in [-0.2, -0.15) is 0 Å². The lowest BCUT2D eigenvalue weighted by molar-refractivity contribution is -0.131. The molecule has 1 aromatic heterocycles. The van der Waals surface area contributed by atoms with Crippen molar-refractivity contribution < 1.29 is 14.1 Å². The summed E-state index contributed by atoms with van der Waals surface area (Å²) in [6.45, 7) is 6.91. The number of carbonyl (C=O) groups excluding carboxylic acids is 2. The van der Waals surface area contributed by atoms with Crippen LogP contribution in [0.2, 0.25) is 0 Å². The zero-order valence-electron chi connectivity index (χ0n) is 16.7. The molecule has 0 spiro atoms. The number of hydrogen-bond acceptors (Lipinski definition) is 4. The van der Waals surface area contributed by atoms with Crippen LogP contribution < -0.4 is 10.6 Å². The highest BCUT2D eigenvalue weighted by Gasteiger charge is 2.25. The minimum absolute atomic E-state index is 0.0348. The summed E-state index contributed by atoms with van der Waals surface area (Å²) in [5.74, 6) is 0.847. The van der Waals surface area contributed by atoms with E-state index in [4.69, 9.17) is 4.52 Å². The smallest absolute Gasteiger partial charge is 0.319 e. The largest absolute Gasteiger partial charge is 0.361 e. The third-order valence-electron chi connectivity index (χ3n) is 5.32. The van der Waals surface area contributed by atoms with Gasteiger partial charge >= 0.3 is 6.03 Å². The Labute approximate surface area is 165 Å². The van der Waals surface area contributed by atoms with E-state index in [0.29, 0.717) is 25.9 Å². The van der Waals surface area contributed by atoms with E-state index in [1.54, 1.807) is 0 Å². The molecule has 7 heteroatoms. The maximum absolute atomic E-state index is 12.5. The molecule has 2 N–H and O–H groups in total. The van der Waals surface area contributed by atoms with Crippen molar-refractivity contribution in [1.82, 2.24) is 15.4 Å². The molecule has 7 nitrogen and oxygen atoms in total. The molecule has 3 rings (SSSR count). The fourth-order valence-corrected chi connectivity index (χ4v) is 3.56. The van der Waals surface area contributed by atoms with Crippen LogP contribution in [0.15, 0.2) is 28.8 Å². The Morgan fingerprint density at radius 1 is 1.29 bits per heavy atom. The first-order valence-electron chi connectivity index (χ1n) is 9.82. The number of hydrogen-bond donors (Lipinski definition) is 2. The van der Waals surface area contributed by atoms with Crippen LogP contribution >= 0.6 is 0 Å².